The van der Waals surface area contributed by atoms with Crippen LogP contribution in [0.25, 0.3) is 11.0 Å². The van der Waals surface area contributed by atoms with Crippen LogP contribution in [0, 0.1) is 17.1 Å². The van der Waals surface area contributed by atoms with Gasteiger partial charge in [0.05, 0.1) is 22.7 Å². The van der Waals surface area contributed by atoms with Gasteiger partial charge in [0.15, 0.2) is 0 Å². The molecule has 0 aliphatic carbocycles. The molecule has 5 heteroatoms. The molecular weight excluding hydrogens is 303 g/mol. The molecule has 0 bridgehead atoms. The maximum absolute atomic E-state index is 13.0. The minimum absolute atomic E-state index is 0.197. The molecule has 4 rings (SSSR count). The second kappa shape index (κ2) is 6.06. The van der Waals surface area contributed by atoms with E-state index in [4.69, 9.17) is 5.26 Å². The number of hydrogen-bond acceptors (Lipinski definition) is 3. The highest BCUT2D eigenvalue weighted by atomic mass is 19.1. The fraction of sp³-hybridized carbons (Fsp3) is 0.263. The van der Waals surface area contributed by atoms with Crippen LogP contribution < -0.4 is 0 Å². The molecule has 120 valence electrons. The largest absolute Gasteiger partial charge is 0.342 e. The molecule has 1 aliphatic heterocycles. The number of aromatic nitrogens is 2. The summed E-state index contributed by atoms with van der Waals surface area (Å²) in [5, 5.41) is 8.99. The van der Waals surface area contributed by atoms with Crippen LogP contribution in [0.5, 0.6) is 0 Å². The Labute approximate surface area is 139 Å². The van der Waals surface area contributed by atoms with Crippen molar-refractivity contribution in [2.45, 2.75) is 18.9 Å². The molecule has 1 aromatic heterocycles. The van der Waals surface area contributed by atoms with E-state index >= 15 is 0 Å². The summed E-state index contributed by atoms with van der Waals surface area (Å²) in [7, 11) is 0. The van der Waals surface area contributed by atoms with Crippen LogP contribution in [-0.2, 0) is 6.54 Å². The van der Waals surface area contributed by atoms with Crippen LogP contribution >= 0.6 is 0 Å². The number of benzene rings is 2. The second-order valence-corrected chi connectivity index (χ2v) is 6.31. The minimum Gasteiger partial charge on any atom is -0.342 e. The lowest BCUT2D eigenvalue weighted by Crippen LogP contribution is -2.19. The monoisotopic (exact) mass is 320 g/mol. The Kier molecular flexibility index (Phi) is 3.75. The molecule has 0 saturated carbocycles. The molecule has 4 nitrogen and oxygen atoms in total. The number of H-pyrrole nitrogens is 1. The Morgan fingerprint density at radius 2 is 2.08 bits per heavy atom. The third-order valence-electron chi connectivity index (χ3n) is 4.61. The summed E-state index contributed by atoms with van der Waals surface area (Å²) in [6.07, 6.45) is 1.05. The number of nitriles is 1. The standard InChI is InChI=1S/C19H17FN4/c20-16-4-1-13(2-5-16)11-24-8-7-15(12-24)19-22-17-6-3-14(10-21)9-18(17)23-19/h1-6,9,15H,7-8,11-12H2,(H,22,23)/t15-/m0/s1. The Morgan fingerprint density at radius 3 is 2.88 bits per heavy atom. The number of nitrogens with zero attached hydrogens (tertiary/aromatic N) is 3. The van der Waals surface area contributed by atoms with Gasteiger partial charge < -0.3 is 4.98 Å². The zero-order valence-corrected chi connectivity index (χ0v) is 13.2. The zero-order valence-electron chi connectivity index (χ0n) is 13.2. The predicted molar refractivity (Wildman–Crippen MR) is 89.8 cm³/mol. The van der Waals surface area contributed by atoms with Crippen LogP contribution in [0.2, 0.25) is 0 Å². The average Bonchev–Trinajstić information content (AvgIpc) is 3.22. The molecule has 3 aromatic rings. The topological polar surface area (TPSA) is 55.7 Å². The van der Waals surface area contributed by atoms with Crippen molar-refractivity contribution in [3.05, 3.63) is 65.2 Å². The van der Waals surface area contributed by atoms with E-state index in [2.05, 4.69) is 20.9 Å². The summed E-state index contributed by atoms with van der Waals surface area (Å²) < 4.78 is 13.0. The van der Waals surface area contributed by atoms with Crippen molar-refractivity contribution in [1.29, 1.82) is 5.26 Å². The van der Waals surface area contributed by atoms with Gasteiger partial charge >= 0.3 is 0 Å². The van der Waals surface area contributed by atoms with Crippen molar-refractivity contribution in [2.75, 3.05) is 13.1 Å². The SMILES string of the molecule is N#Cc1ccc2nc([C@H]3CCN(Cc4ccc(F)cc4)C3)[nH]c2c1. The first-order chi connectivity index (χ1) is 11.7. The summed E-state index contributed by atoms with van der Waals surface area (Å²) >= 11 is 0. The number of aromatic amines is 1. The van der Waals surface area contributed by atoms with E-state index < -0.39 is 0 Å². The smallest absolute Gasteiger partial charge is 0.123 e. The Morgan fingerprint density at radius 1 is 1.25 bits per heavy atom. The zero-order chi connectivity index (χ0) is 16.5. The normalized spacial score (nSPS) is 18.1. The van der Waals surface area contributed by atoms with Crippen LogP contribution in [0.1, 0.15) is 29.3 Å². The van der Waals surface area contributed by atoms with Gasteiger partial charge in [-0.1, -0.05) is 12.1 Å². The summed E-state index contributed by atoms with van der Waals surface area (Å²) in [5.74, 6) is 1.15. The highest BCUT2D eigenvalue weighted by Gasteiger charge is 2.26. The second-order valence-electron chi connectivity index (χ2n) is 6.31. The molecule has 0 radical (unpaired) electrons. The molecule has 1 fully saturated rings. The van der Waals surface area contributed by atoms with Crippen molar-refractivity contribution in [3.8, 4) is 6.07 Å². The van der Waals surface area contributed by atoms with E-state index in [0.29, 0.717) is 11.5 Å². The Hall–Kier alpha value is -2.71. The van der Waals surface area contributed by atoms with Gasteiger partial charge in [-0.05, 0) is 48.9 Å². The number of halogens is 1. The molecule has 2 aromatic carbocycles. The van der Waals surface area contributed by atoms with Crippen molar-refractivity contribution in [1.82, 2.24) is 14.9 Å². The molecule has 1 saturated heterocycles. The Balaban J connectivity index is 1.48. The number of imidazole rings is 1. The number of hydrogen-bond donors (Lipinski definition) is 1. The quantitative estimate of drug-likeness (QED) is 0.803. The van der Waals surface area contributed by atoms with E-state index in [-0.39, 0.29) is 5.82 Å². The van der Waals surface area contributed by atoms with Crippen molar-refractivity contribution >= 4 is 11.0 Å². The molecule has 1 atom stereocenters. The van der Waals surface area contributed by atoms with Crippen LogP contribution in [0.15, 0.2) is 42.5 Å². The maximum atomic E-state index is 13.0. The fourth-order valence-corrected chi connectivity index (χ4v) is 3.34. The maximum Gasteiger partial charge on any atom is 0.123 e. The van der Waals surface area contributed by atoms with Crippen molar-refractivity contribution < 1.29 is 4.39 Å². The van der Waals surface area contributed by atoms with Crippen molar-refractivity contribution in [3.63, 3.8) is 0 Å². The molecule has 0 unspecified atom stereocenters. The first-order valence-corrected chi connectivity index (χ1v) is 8.08. The van der Waals surface area contributed by atoms with Gasteiger partial charge in [0.1, 0.15) is 11.6 Å². The number of rotatable bonds is 3. The molecule has 0 spiro atoms. The van der Waals surface area contributed by atoms with Crippen LogP contribution in [-0.4, -0.2) is 28.0 Å². The molecule has 1 N–H and O–H groups in total. The fourth-order valence-electron chi connectivity index (χ4n) is 3.34. The van der Waals surface area contributed by atoms with Gasteiger partial charge in [-0.25, -0.2) is 9.37 Å². The highest BCUT2D eigenvalue weighted by Crippen LogP contribution is 2.28. The third-order valence-corrected chi connectivity index (χ3v) is 4.61. The summed E-state index contributed by atoms with van der Waals surface area (Å²) in [5.41, 5.74) is 3.59. The summed E-state index contributed by atoms with van der Waals surface area (Å²) in [6, 6.07) is 14.4. The lowest BCUT2D eigenvalue weighted by atomic mass is 10.1. The van der Waals surface area contributed by atoms with E-state index in [1.807, 2.05) is 24.3 Å². The van der Waals surface area contributed by atoms with Gasteiger partial charge in [0.2, 0.25) is 0 Å². The molecule has 2 heterocycles. The molecule has 24 heavy (non-hydrogen) atoms. The van der Waals surface area contributed by atoms with Gasteiger partial charge in [-0.3, -0.25) is 4.90 Å². The average molecular weight is 320 g/mol. The lowest BCUT2D eigenvalue weighted by Gasteiger charge is -2.15. The van der Waals surface area contributed by atoms with Crippen LogP contribution in [0.4, 0.5) is 4.39 Å². The Bertz CT molecular complexity index is 907. The number of nitrogens with one attached hydrogen (secondary N) is 1. The summed E-state index contributed by atoms with van der Waals surface area (Å²) in [4.78, 5) is 10.4. The minimum atomic E-state index is -0.197. The summed E-state index contributed by atoms with van der Waals surface area (Å²) in [6.45, 7) is 2.76. The van der Waals surface area contributed by atoms with Gasteiger partial charge in [-0.2, -0.15) is 5.26 Å². The molecular formula is C19H17FN4. The first kappa shape index (κ1) is 14.9. The van der Waals surface area contributed by atoms with Gasteiger partial charge in [0, 0.05) is 19.0 Å². The van der Waals surface area contributed by atoms with Gasteiger partial charge in [-0.15, -0.1) is 0 Å². The van der Waals surface area contributed by atoms with Crippen molar-refractivity contribution in [2.24, 2.45) is 0 Å². The van der Waals surface area contributed by atoms with E-state index in [1.54, 1.807) is 6.07 Å². The third kappa shape index (κ3) is 2.89. The van der Waals surface area contributed by atoms with E-state index in [0.717, 1.165) is 48.5 Å². The molecule has 1 aliphatic rings. The van der Waals surface area contributed by atoms with E-state index in [9.17, 15) is 4.39 Å². The highest BCUT2D eigenvalue weighted by molar-refractivity contribution is 5.76. The molecule has 0 amide bonds. The number of fused-ring (bicyclic) bond motifs is 1. The lowest BCUT2D eigenvalue weighted by molar-refractivity contribution is 0.326. The van der Waals surface area contributed by atoms with Crippen LogP contribution in [0.3, 0.4) is 0 Å². The first-order valence-electron chi connectivity index (χ1n) is 8.08. The van der Waals surface area contributed by atoms with E-state index in [1.165, 1.54) is 12.1 Å². The van der Waals surface area contributed by atoms with Gasteiger partial charge in [0.25, 0.3) is 0 Å². The number of likely N-dealkylation sites (tertiary alicyclic amines) is 1. The predicted octanol–water partition coefficient (Wildman–Crippen LogP) is 3.56.